The number of rotatable bonds is 6. The minimum Gasteiger partial charge on any atom is -0.390 e. The summed E-state index contributed by atoms with van der Waals surface area (Å²) < 4.78 is 0. The van der Waals surface area contributed by atoms with Gasteiger partial charge in [0.2, 0.25) is 0 Å². The molecule has 0 spiro atoms. The van der Waals surface area contributed by atoms with Crippen molar-refractivity contribution in [2.75, 3.05) is 11.4 Å². The van der Waals surface area contributed by atoms with Crippen molar-refractivity contribution in [3.63, 3.8) is 0 Å². The number of pyridine rings is 2. The van der Waals surface area contributed by atoms with E-state index in [4.69, 9.17) is 11.6 Å². The van der Waals surface area contributed by atoms with Crippen LogP contribution in [-0.2, 0) is 4.79 Å². The van der Waals surface area contributed by atoms with Crippen LogP contribution in [0.1, 0.15) is 54.9 Å². The van der Waals surface area contributed by atoms with Crippen molar-refractivity contribution in [3.05, 3.63) is 64.8 Å². The third kappa shape index (κ3) is 4.75. The first-order valence-corrected chi connectivity index (χ1v) is 10.7. The van der Waals surface area contributed by atoms with E-state index in [0.29, 0.717) is 48.0 Å². The number of aromatic nitrogens is 2. The molecule has 1 unspecified atom stereocenters. The molecule has 6 nitrogen and oxygen atoms in total. The van der Waals surface area contributed by atoms with Crippen molar-refractivity contribution in [1.82, 2.24) is 9.97 Å². The van der Waals surface area contributed by atoms with Gasteiger partial charge in [0.25, 0.3) is 5.91 Å². The van der Waals surface area contributed by atoms with Gasteiger partial charge >= 0.3 is 0 Å². The van der Waals surface area contributed by atoms with E-state index in [-0.39, 0.29) is 17.6 Å². The summed E-state index contributed by atoms with van der Waals surface area (Å²) in [5, 5.41) is 11.1. The minimum atomic E-state index is -0.884. The highest BCUT2D eigenvalue weighted by molar-refractivity contribution is 6.29. The molecule has 0 aliphatic carbocycles. The third-order valence-electron chi connectivity index (χ3n) is 5.55. The van der Waals surface area contributed by atoms with Crippen LogP contribution in [0.2, 0.25) is 5.15 Å². The number of benzene rings is 1. The Morgan fingerprint density at radius 3 is 2.68 bits per heavy atom. The molecule has 1 aliphatic heterocycles. The Morgan fingerprint density at radius 2 is 1.90 bits per heavy atom. The smallest absolute Gasteiger partial charge is 0.259 e. The molecule has 1 amide bonds. The van der Waals surface area contributed by atoms with Gasteiger partial charge in [-0.3, -0.25) is 14.5 Å². The molecule has 1 N–H and O–H groups in total. The Bertz CT molecular complexity index is 1160. The fraction of sp³-hybridized carbons (Fsp3) is 0.333. The summed E-state index contributed by atoms with van der Waals surface area (Å²) in [6.07, 6.45) is 1.00. The maximum absolute atomic E-state index is 13.2. The number of amides is 1. The largest absolute Gasteiger partial charge is 0.390 e. The van der Waals surface area contributed by atoms with Gasteiger partial charge in [0.15, 0.2) is 5.65 Å². The van der Waals surface area contributed by atoms with E-state index in [1.54, 1.807) is 36.9 Å². The summed E-state index contributed by atoms with van der Waals surface area (Å²) in [6, 6.07) is 14.6. The zero-order chi connectivity index (χ0) is 22.2. The number of aliphatic hydroxyl groups is 1. The summed E-state index contributed by atoms with van der Waals surface area (Å²) >= 11 is 6.01. The van der Waals surface area contributed by atoms with Crippen LogP contribution in [0.25, 0.3) is 11.0 Å². The van der Waals surface area contributed by atoms with Crippen LogP contribution in [-0.4, -0.2) is 38.9 Å². The molecule has 1 atom stereocenters. The summed E-state index contributed by atoms with van der Waals surface area (Å²) in [5.41, 5.74) is 1.04. The molecule has 31 heavy (non-hydrogen) atoms. The molecule has 0 saturated heterocycles. The Balaban J connectivity index is 1.64. The maximum atomic E-state index is 13.2. The predicted molar refractivity (Wildman–Crippen MR) is 121 cm³/mol. The first kappa shape index (κ1) is 21.4. The molecule has 0 bridgehead atoms. The zero-order valence-corrected chi connectivity index (χ0v) is 18.3. The van der Waals surface area contributed by atoms with E-state index < -0.39 is 5.60 Å². The number of Topliss-reactive ketones (excluding diaryl/α,β-unsaturated/α-hetero) is 1. The minimum absolute atomic E-state index is 0.0659. The number of hydrogen-bond donors (Lipinski definition) is 1. The first-order valence-electron chi connectivity index (χ1n) is 10.3. The lowest BCUT2D eigenvalue weighted by Gasteiger charge is -2.33. The molecule has 4 rings (SSSR count). The van der Waals surface area contributed by atoms with Gasteiger partial charge in [-0.2, -0.15) is 0 Å². The van der Waals surface area contributed by atoms with E-state index in [2.05, 4.69) is 9.97 Å². The second kappa shape index (κ2) is 8.36. The van der Waals surface area contributed by atoms with E-state index in [1.807, 2.05) is 30.3 Å². The van der Waals surface area contributed by atoms with Crippen molar-refractivity contribution in [3.8, 4) is 0 Å². The summed E-state index contributed by atoms with van der Waals surface area (Å²) in [6.45, 7) is 3.74. The Kier molecular flexibility index (Phi) is 5.77. The van der Waals surface area contributed by atoms with Crippen LogP contribution >= 0.6 is 11.6 Å². The molecular weight excluding hydrogens is 414 g/mol. The monoisotopic (exact) mass is 437 g/mol. The van der Waals surface area contributed by atoms with Gasteiger partial charge in [-0.05, 0) is 56.2 Å². The number of ketones is 1. The van der Waals surface area contributed by atoms with Gasteiger partial charge in [-0.15, -0.1) is 0 Å². The number of halogens is 1. The van der Waals surface area contributed by atoms with Crippen molar-refractivity contribution >= 4 is 40.1 Å². The standard InChI is InChI=1S/C24H24ClN3O3/c1-24(2,31)12-11-17(29)13-16-14-28(23(30)19-6-4-3-5-18(16)19)21-10-8-15-7-9-20(25)26-22(15)27-21/h3-10,16,31H,11-14H2,1-2H3. The lowest BCUT2D eigenvalue weighted by Crippen LogP contribution is -2.41. The number of carbonyl (C=O) groups is 2. The zero-order valence-electron chi connectivity index (χ0n) is 17.5. The fourth-order valence-electron chi connectivity index (χ4n) is 3.91. The number of nitrogens with zero attached hydrogens (tertiary/aromatic N) is 3. The highest BCUT2D eigenvalue weighted by atomic mass is 35.5. The molecule has 1 aromatic carbocycles. The van der Waals surface area contributed by atoms with E-state index in [1.165, 1.54) is 0 Å². The predicted octanol–water partition coefficient (Wildman–Crippen LogP) is 4.54. The molecule has 2 aromatic heterocycles. The number of hydrogen-bond acceptors (Lipinski definition) is 5. The van der Waals surface area contributed by atoms with Gasteiger partial charge in [0.05, 0.1) is 5.60 Å². The van der Waals surface area contributed by atoms with Crippen LogP contribution in [0.5, 0.6) is 0 Å². The lowest BCUT2D eigenvalue weighted by atomic mass is 9.84. The normalized spacial score (nSPS) is 16.5. The van der Waals surface area contributed by atoms with Gasteiger partial charge in [0, 0.05) is 36.3 Å². The molecule has 0 fully saturated rings. The van der Waals surface area contributed by atoms with E-state index in [0.717, 1.165) is 10.9 Å². The number of fused-ring (bicyclic) bond motifs is 2. The van der Waals surface area contributed by atoms with Crippen LogP contribution in [0.15, 0.2) is 48.5 Å². The Hall–Kier alpha value is -2.83. The highest BCUT2D eigenvalue weighted by Crippen LogP contribution is 2.34. The van der Waals surface area contributed by atoms with Gasteiger partial charge in [0.1, 0.15) is 16.8 Å². The SMILES string of the molecule is CC(C)(O)CCC(=O)CC1CN(c2ccc3ccc(Cl)nc3n2)C(=O)c2ccccc21. The first-order chi connectivity index (χ1) is 14.7. The average molecular weight is 438 g/mol. The van der Waals surface area contributed by atoms with Crippen molar-refractivity contribution < 1.29 is 14.7 Å². The molecule has 3 heterocycles. The summed E-state index contributed by atoms with van der Waals surface area (Å²) in [4.78, 5) is 36.3. The topological polar surface area (TPSA) is 83.4 Å². The molecule has 7 heteroatoms. The highest BCUT2D eigenvalue weighted by Gasteiger charge is 2.33. The van der Waals surface area contributed by atoms with E-state index in [9.17, 15) is 14.7 Å². The van der Waals surface area contributed by atoms with Crippen LogP contribution in [0, 0.1) is 0 Å². The fourth-order valence-corrected chi connectivity index (χ4v) is 4.05. The molecular formula is C24H24ClN3O3. The molecule has 160 valence electrons. The Labute approximate surface area is 185 Å². The lowest BCUT2D eigenvalue weighted by molar-refractivity contribution is -0.120. The second-order valence-electron chi connectivity index (χ2n) is 8.61. The van der Waals surface area contributed by atoms with Crippen LogP contribution < -0.4 is 4.90 Å². The Morgan fingerprint density at radius 1 is 1.16 bits per heavy atom. The van der Waals surface area contributed by atoms with Gasteiger partial charge in [-0.25, -0.2) is 9.97 Å². The van der Waals surface area contributed by atoms with Crippen LogP contribution in [0.3, 0.4) is 0 Å². The molecule has 1 aliphatic rings. The number of carbonyl (C=O) groups excluding carboxylic acids is 2. The molecule has 3 aromatic rings. The van der Waals surface area contributed by atoms with Crippen molar-refractivity contribution in [1.29, 1.82) is 0 Å². The quantitative estimate of drug-likeness (QED) is 0.572. The average Bonchev–Trinajstić information content (AvgIpc) is 2.73. The van der Waals surface area contributed by atoms with Crippen molar-refractivity contribution in [2.45, 2.75) is 44.6 Å². The molecule has 0 saturated carbocycles. The third-order valence-corrected chi connectivity index (χ3v) is 5.76. The van der Waals surface area contributed by atoms with Crippen LogP contribution in [0.4, 0.5) is 5.82 Å². The van der Waals surface area contributed by atoms with Gasteiger partial charge in [-0.1, -0.05) is 29.8 Å². The van der Waals surface area contributed by atoms with Crippen molar-refractivity contribution in [2.24, 2.45) is 0 Å². The second-order valence-corrected chi connectivity index (χ2v) is 8.99. The summed E-state index contributed by atoms with van der Waals surface area (Å²) in [7, 11) is 0. The maximum Gasteiger partial charge on any atom is 0.259 e. The van der Waals surface area contributed by atoms with Gasteiger partial charge < -0.3 is 5.11 Å². The molecule has 0 radical (unpaired) electrons. The van der Waals surface area contributed by atoms with E-state index >= 15 is 0 Å². The number of anilines is 1. The summed E-state index contributed by atoms with van der Waals surface area (Å²) in [5.74, 6) is 0.254.